The number of alkyl halides is 3. The maximum absolute atomic E-state index is 6.01. The van der Waals surface area contributed by atoms with Crippen LogP contribution < -0.4 is 0 Å². The van der Waals surface area contributed by atoms with Gasteiger partial charge >= 0.3 is 0 Å². The number of oxazole rings is 1. The molecule has 0 amide bonds. The lowest BCUT2D eigenvalue weighted by Crippen LogP contribution is -2.27. The molecule has 0 bridgehead atoms. The number of hydrogen-bond acceptors (Lipinski definition) is 5. The van der Waals surface area contributed by atoms with Crippen LogP contribution in [0, 0.1) is 12.8 Å². The van der Waals surface area contributed by atoms with Gasteiger partial charge in [0.1, 0.15) is 5.82 Å². The van der Waals surface area contributed by atoms with Gasteiger partial charge in [-0.2, -0.15) is 0 Å². The van der Waals surface area contributed by atoms with Crippen LogP contribution in [0.1, 0.15) is 48.3 Å². The van der Waals surface area contributed by atoms with Crippen molar-refractivity contribution in [3.63, 3.8) is 0 Å². The Morgan fingerprint density at radius 3 is 2.56 bits per heavy atom. The minimum absolute atomic E-state index is 0. The van der Waals surface area contributed by atoms with E-state index in [-0.39, 0.29) is 12.4 Å². The van der Waals surface area contributed by atoms with Crippen LogP contribution in [0.25, 0.3) is 11.6 Å². The van der Waals surface area contributed by atoms with Gasteiger partial charge in [-0.25, -0.2) is 4.98 Å². The van der Waals surface area contributed by atoms with Crippen molar-refractivity contribution in [1.82, 2.24) is 24.6 Å². The fraction of sp³-hybridized carbons (Fsp3) is 0.542. The van der Waals surface area contributed by atoms with Crippen LogP contribution in [0.5, 0.6) is 0 Å². The summed E-state index contributed by atoms with van der Waals surface area (Å²) in [4.78, 5) is 6.76. The van der Waals surface area contributed by atoms with Gasteiger partial charge in [0.25, 0.3) is 0 Å². The molecule has 2 atom stereocenters. The lowest BCUT2D eigenvalue weighted by Gasteiger charge is -2.21. The van der Waals surface area contributed by atoms with E-state index in [0.29, 0.717) is 11.2 Å². The number of aryl methyl sites for hydroxylation is 2. The van der Waals surface area contributed by atoms with Gasteiger partial charge in [-0.1, -0.05) is 65.5 Å². The largest absolute Gasteiger partial charge is 0.440 e. The molecule has 1 aliphatic heterocycles. The molecule has 2 aromatic heterocycles. The van der Waals surface area contributed by atoms with Crippen LogP contribution >= 0.6 is 47.2 Å². The summed E-state index contributed by atoms with van der Waals surface area (Å²) in [5.74, 6) is 3.18. The summed E-state index contributed by atoms with van der Waals surface area (Å²) < 4.78 is 6.11. The SMILES string of the molecule is Cc1ncoc1-c1nnc(CCCCCN2C[C@@H]3C[C@]3(c3ccc(C(Cl)(Cl)Cl)cc3)C2)n1C.Cl. The fourth-order valence-corrected chi connectivity index (χ4v) is 5.66. The summed E-state index contributed by atoms with van der Waals surface area (Å²) in [6.45, 7) is 5.38. The topological polar surface area (TPSA) is 60.0 Å². The lowest BCUT2D eigenvalue weighted by molar-refractivity contribution is 0.290. The van der Waals surface area contributed by atoms with E-state index in [1.165, 1.54) is 37.8 Å². The highest BCUT2D eigenvalue weighted by Crippen LogP contribution is 2.59. The molecule has 1 aliphatic carbocycles. The highest BCUT2D eigenvalue weighted by atomic mass is 35.6. The van der Waals surface area contributed by atoms with Gasteiger partial charge in [0.15, 0.2) is 12.2 Å². The Morgan fingerprint density at radius 2 is 1.88 bits per heavy atom. The Bertz CT molecular complexity index is 1120. The van der Waals surface area contributed by atoms with Crippen LogP contribution in [-0.4, -0.2) is 44.3 Å². The van der Waals surface area contributed by atoms with E-state index in [2.05, 4.69) is 32.2 Å². The third-order valence-electron chi connectivity index (χ3n) is 7.29. The van der Waals surface area contributed by atoms with Gasteiger partial charge in [0.05, 0.1) is 5.69 Å². The summed E-state index contributed by atoms with van der Waals surface area (Å²) in [5, 5.41) is 8.66. The van der Waals surface area contributed by atoms with E-state index in [0.717, 1.165) is 54.8 Å². The molecule has 0 radical (unpaired) electrons. The molecule has 34 heavy (non-hydrogen) atoms. The third-order valence-corrected chi connectivity index (χ3v) is 7.95. The zero-order chi connectivity index (χ0) is 23.2. The smallest absolute Gasteiger partial charge is 0.216 e. The maximum atomic E-state index is 6.01. The van der Waals surface area contributed by atoms with Crippen molar-refractivity contribution in [3.05, 3.63) is 53.3 Å². The number of fused-ring (bicyclic) bond motifs is 1. The minimum atomic E-state index is -1.36. The molecule has 0 spiro atoms. The van der Waals surface area contributed by atoms with Crippen LogP contribution in [0.4, 0.5) is 0 Å². The molecule has 5 rings (SSSR count). The minimum Gasteiger partial charge on any atom is -0.440 e. The van der Waals surface area contributed by atoms with Crippen molar-refractivity contribution in [2.45, 2.75) is 48.2 Å². The first-order valence-corrected chi connectivity index (χ1v) is 12.6. The molecule has 184 valence electrons. The molecule has 1 saturated heterocycles. The summed E-state index contributed by atoms with van der Waals surface area (Å²) in [7, 11) is 1.99. The van der Waals surface area contributed by atoms with Gasteiger partial charge in [-0.15, -0.1) is 22.6 Å². The number of halogens is 4. The average Bonchev–Trinajstić information content (AvgIpc) is 3.07. The molecule has 0 unspecified atom stereocenters. The molecule has 0 N–H and O–H groups in total. The normalized spacial score (nSPS) is 22.0. The Morgan fingerprint density at radius 1 is 1.12 bits per heavy atom. The fourth-order valence-electron chi connectivity index (χ4n) is 5.28. The van der Waals surface area contributed by atoms with Crippen molar-refractivity contribution >= 4 is 47.2 Å². The van der Waals surface area contributed by atoms with E-state index in [9.17, 15) is 0 Å². The third kappa shape index (κ3) is 4.98. The first-order chi connectivity index (χ1) is 15.8. The monoisotopic (exact) mass is 543 g/mol. The van der Waals surface area contributed by atoms with Crippen LogP contribution in [0.2, 0.25) is 0 Å². The number of rotatable bonds is 8. The number of unbranched alkanes of at least 4 members (excludes halogenated alkanes) is 2. The summed E-state index contributed by atoms with van der Waals surface area (Å²) >= 11 is 18.0. The predicted molar refractivity (Wildman–Crippen MR) is 138 cm³/mol. The van der Waals surface area contributed by atoms with Crippen LogP contribution in [0.3, 0.4) is 0 Å². The molecule has 6 nitrogen and oxygen atoms in total. The number of benzene rings is 1. The van der Waals surface area contributed by atoms with E-state index in [1.54, 1.807) is 0 Å². The number of hydrogen-bond donors (Lipinski definition) is 0. The Kier molecular flexibility index (Phi) is 7.56. The van der Waals surface area contributed by atoms with Crippen molar-refractivity contribution < 1.29 is 4.42 Å². The number of likely N-dealkylation sites (tertiary alicyclic amines) is 1. The maximum Gasteiger partial charge on any atom is 0.216 e. The van der Waals surface area contributed by atoms with E-state index < -0.39 is 3.79 Å². The molecule has 3 heterocycles. The highest BCUT2D eigenvalue weighted by molar-refractivity contribution is 6.66. The van der Waals surface area contributed by atoms with E-state index in [1.807, 2.05) is 30.7 Å². The number of nitrogens with zero attached hydrogens (tertiary/aromatic N) is 5. The standard InChI is InChI=1S/C24H28Cl3N5O.ClH/c1-16-21(33-15-28-16)22-30-29-20(31(22)2)6-4-3-5-11-32-13-19-12-23(19,14-32)17-7-9-18(10-8-17)24(25,26)27;/h7-10,15,19H,3-6,11-14H2,1-2H3;1H/t19-,23+;/m0./s1. The summed E-state index contributed by atoms with van der Waals surface area (Å²) in [6, 6.07) is 8.21. The Hall–Kier alpha value is -1.31. The molecule has 2 aliphatic rings. The van der Waals surface area contributed by atoms with Crippen molar-refractivity contribution in [1.29, 1.82) is 0 Å². The summed E-state index contributed by atoms with van der Waals surface area (Å²) in [6.07, 6.45) is 7.11. The number of aromatic nitrogens is 4. The zero-order valence-corrected chi connectivity index (χ0v) is 22.4. The van der Waals surface area contributed by atoms with Crippen LogP contribution in [0.15, 0.2) is 35.1 Å². The molecular weight excluding hydrogens is 516 g/mol. The van der Waals surface area contributed by atoms with Crippen molar-refractivity contribution in [2.24, 2.45) is 13.0 Å². The lowest BCUT2D eigenvalue weighted by atomic mass is 9.94. The van der Waals surface area contributed by atoms with Crippen LogP contribution in [-0.2, 0) is 22.7 Å². The van der Waals surface area contributed by atoms with Crippen molar-refractivity contribution in [2.75, 3.05) is 19.6 Å². The molecule has 3 aromatic rings. The quantitative estimate of drug-likeness (QED) is 0.256. The van der Waals surface area contributed by atoms with E-state index in [4.69, 9.17) is 39.2 Å². The predicted octanol–water partition coefficient (Wildman–Crippen LogP) is 6.01. The van der Waals surface area contributed by atoms with Crippen molar-refractivity contribution in [3.8, 4) is 11.6 Å². The van der Waals surface area contributed by atoms with Gasteiger partial charge in [0, 0.05) is 37.5 Å². The first kappa shape index (κ1) is 25.8. The van der Waals surface area contributed by atoms with E-state index >= 15 is 0 Å². The Balaban J connectivity index is 0.00000274. The average molecular weight is 545 g/mol. The molecule has 2 fully saturated rings. The highest BCUT2D eigenvalue weighted by Gasteiger charge is 2.60. The number of piperidine rings is 1. The second-order valence-corrected chi connectivity index (χ2v) is 11.7. The second kappa shape index (κ2) is 9.98. The molecule has 1 saturated carbocycles. The molecule has 10 heteroatoms. The van der Waals surface area contributed by atoms with Gasteiger partial charge < -0.3 is 13.9 Å². The summed E-state index contributed by atoms with van der Waals surface area (Å²) in [5.41, 5.74) is 3.25. The second-order valence-electron chi connectivity index (χ2n) is 9.44. The first-order valence-electron chi connectivity index (χ1n) is 11.5. The zero-order valence-electron chi connectivity index (χ0n) is 19.3. The Labute approximate surface area is 221 Å². The molecular formula is C24H29Cl4N5O. The molecule has 1 aromatic carbocycles. The van der Waals surface area contributed by atoms with Gasteiger partial charge in [-0.05, 0) is 44.2 Å². The van der Waals surface area contributed by atoms with Gasteiger partial charge in [0.2, 0.25) is 9.62 Å². The van der Waals surface area contributed by atoms with Gasteiger partial charge in [-0.3, -0.25) is 0 Å².